The molecule has 2 atom stereocenters. The van der Waals surface area contributed by atoms with Crippen molar-refractivity contribution in [1.82, 2.24) is 16.0 Å². The van der Waals surface area contributed by atoms with E-state index in [1.165, 1.54) is 32.0 Å². The lowest BCUT2D eigenvalue weighted by Crippen LogP contribution is -2.59. The number of Topliss-reactive ketones (excluding diaryl/α,β-unsaturated/α-hetero) is 1. The van der Waals surface area contributed by atoms with Gasteiger partial charge in [0.1, 0.15) is 11.8 Å². The predicted molar refractivity (Wildman–Crippen MR) is 149 cm³/mol. The molecule has 8 nitrogen and oxygen atoms in total. The highest BCUT2D eigenvalue weighted by atomic mass is 35.5. The van der Waals surface area contributed by atoms with Gasteiger partial charge in [-0.25, -0.2) is 8.78 Å². The molecule has 0 aliphatic carbocycles. The summed E-state index contributed by atoms with van der Waals surface area (Å²) in [5.41, 5.74) is 0.0720. The predicted octanol–water partition coefficient (Wildman–Crippen LogP) is 4.50. The van der Waals surface area contributed by atoms with Gasteiger partial charge < -0.3 is 20.7 Å². The van der Waals surface area contributed by atoms with Gasteiger partial charge in [0.05, 0.1) is 6.04 Å². The first-order chi connectivity index (χ1) is 19.5. The third kappa shape index (κ3) is 10.2. The molecule has 14 heteroatoms. The molecule has 2 aromatic rings. The van der Waals surface area contributed by atoms with Gasteiger partial charge in [0.15, 0.2) is 18.2 Å². The summed E-state index contributed by atoms with van der Waals surface area (Å²) in [6.45, 7) is 5.35. The highest BCUT2D eigenvalue weighted by Gasteiger charge is 2.51. The van der Waals surface area contributed by atoms with Crippen LogP contribution in [0.15, 0.2) is 36.4 Å². The Bertz CT molecular complexity index is 1290. The number of hydrogen-bond donors (Lipinski definition) is 3. The Morgan fingerprint density at radius 2 is 1.52 bits per heavy atom. The van der Waals surface area contributed by atoms with Crippen molar-refractivity contribution in [2.24, 2.45) is 11.8 Å². The van der Waals surface area contributed by atoms with E-state index in [1.54, 1.807) is 13.8 Å². The Morgan fingerprint density at radius 3 is 2.07 bits per heavy atom. The van der Waals surface area contributed by atoms with Crippen LogP contribution >= 0.6 is 23.2 Å². The minimum Gasteiger partial charge on any atom is -0.484 e. The van der Waals surface area contributed by atoms with Crippen molar-refractivity contribution in [1.29, 1.82) is 0 Å². The van der Waals surface area contributed by atoms with Crippen molar-refractivity contribution in [2.75, 3.05) is 13.2 Å². The molecule has 0 aliphatic heterocycles. The highest BCUT2D eigenvalue weighted by molar-refractivity contribution is 6.34. The third-order valence-electron chi connectivity index (χ3n) is 5.79. The van der Waals surface area contributed by atoms with Crippen LogP contribution in [0.5, 0.6) is 5.75 Å². The standard InChI is InChI=1S/C28H31Cl2F4N3O5/c1-14(2)12-35-27(41)28(33,34)25(39)24(15(3)4)37-26(40)22(8-16-5-6-20(31)21(32)7-16)36-23(38)13-42-19-10-17(29)9-18(30)11-19/h5-7,9-11,14-15,22,24H,8,12-13H2,1-4H3,(H,35,41)(H,36,38)(H,37,40). The van der Waals surface area contributed by atoms with Crippen molar-refractivity contribution >= 4 is 46.7 Å². The fraction of sp³-hybridized carbons (Fsp3) is 0.429. The summed E-state index contributed by atoms with van der Waals surface area (Å²) < 4.78 is 62.2. The van der Waals surface area contributed by atoms with Crippen LogP contribution in [0, 0.1) is 23.5 Å². The van der Waals surface area contributed by atoms with E-state index in [9.17, 15) is 36.7 Å². The van der Waals surface area contributed by atoms with Gasteiger partial charge in [0.2, 0.25) is 11.7 Å². The molecule has 0 spiro atoms. The van der Waals surface area contributed by atoms with Gasteiger partial charge in [-0.1, -0.05) is 57.0 Å². The number of halogens is 6. The second kappa shape index (κ2) is 15.2. The van der Waals surface area contributed by atoms with Crippen LogP contribution in [-0.4, -0.2) is 54.7 Å². The molecule has 0 bridgehead atoms. The average molecular weight is 636 g/mol. The molecule has 0 aromatic heterocycles. The number of nitrogens with one attached hydrogen (secondary N) is 3. The number of carbonyl (C=O) groups is 4. The van der Waals surface area contributed by atoms with Crippen LogP contribution in [0.4, 0.5) is 17.6 Å². The Hall–Kier alpha value is -3.38. The topological polar surface area (TPSA) is 114 Å². The molecule has 0 fully saturated rings. The van der Waals surface area contributed by atoms with E-state index in [2.05, 4.69) is 10.6 Å². The van der Waals surface area contributed by atoms with E-state index in [0.717, 1.165) is 18.2 Å². The van der Waals surface area contributed by atoms with Crippen molar-refractivity contribution in [3.63, 3.8) is 0 Å². The Morgan fingerprint density at radius 1 is 0.905 bits per heavy atom. The summed E-state index contributed by atoms with van der Waals surface area (Å²) in [5, 5.41) is 6.97. The third-order valence-corrected chi connectivity index (χ3v) is 6.23. The number of benzene rings is 2. The molecule has 230 valence electrons. The summed E-state index contributed by atoms with van der Waals surface area (Å²) in [6, 6.07) is 3.56. The van der Waals surface area contributed by atoms with Crippen LogP contribution in [0.25, 0.3) is 0 Å². The van der Waals surface area contributed by atoms with E-state index in [0.29, 0.717) is 0 Å². The van der Waals surface area contributed by atoms with Crippen molar-refractivity contribution in [3.8, 4) is 5.75 Å². The number of ketones is 1. The van der Waals surface area contributed by atoms with E-state index >= 15 is 0 Å². The quantitative estimate of drug-likeness (QED) is 0.209. The van der Waals surface area contributed by atoms with Gasteiger partial charge in [0, 0.05) is 23.0 Å². The maximum Gasteiger partial charge on any atom is 0.383 e. The number of alkyl halides is 2. The molecule has 0 heterocycles. The molecule has 3 amide bonds. The Balaban J connectivity index is 2.26. The second-order valence-electron chi connectivity index (χ2n) is 10.2. The lowest BCUT2D eigenvalue weighted by atomic mass is 9.94. The fourth-order valence-corrected chi connectivity index (χ4v) is 4.12. The minimum atomic E-state index is -4.47. The SMILES string of the molecule is CC(C)CNC(=O)C(F)(F)C(=O)C(NC(=O)C(Cc1ccc(F)c(F)c1)NC(=O)COc1cc(Cl)cc(Cl)c1)C(C)C. The summed E-state index contributed by atoms with van der Waals surface area (Å²) in [4.78, 5) is 50.8. The highest BCUT2D eigenvalue weighted by Crippen LogP contribution is 2.24. The summed E-state index contributed by atoms with van der Waals surface area (Å²) in [7, 11) is 0. The molecule has 2 unspecified atom stereocenters. The average Bonchev–Trinajstić information content (AvgIpc) is 2.89. The zero-order valence-corrected chi connectivity index (χ0v) is 24.7. The number of rotatable bonds is 14. The Labute approximate surface area is 250 Å². The van der Waals surface area contributed by atoms with Crippen molar-refractivity contribution < 1.29 is 41.5 Å². The molecule has 42 heavy (non-hydrogen) atoms. The number of amides is 3. The van der Waals surface area contributed by atoms with Gasteiger partial charge in [-0.3, -0.25) is 19.2 Å². The molecule has 2 aromatic carbocycles. The minimum absolute atomic E-state index is 0.0720. The number of carbonyl (C=O) groups excluding carboxylic acids is 4. The zero-order valence-electron chi connectivity index (χ0n) is 23.2. The fourth-order valence-electron chi connectivity index (χ4n) is 3.61. The van der Waals surface area contributed by atoms with E-state index in [-0.39, 0.29) is 33.8 Å². The van der Waals surface area contributed by atoms with Crippen LogP contribution in [0.3, 0.4) is 0 Å². The van der Waals surface area contributed by atoms with Gasteiger partial charge >= 0.3 is 5.92 Å². The monoisotopic (exact) mass is 635 g/mol. The second-order valence-corrected chi connectivity index (χ2v) is 11.1. The van der Waals surface area contributed by atoms with E-state index < -0.39 is 72.1 Å². The van der Waals surface area contributed by atoms with Gasteiger partial charge in [-0.05, 0) is 47.7 Å². The van der Waals surface area contributed by atoms with Crippen LogP contribution in [0.1, 0.15) is 33.3 Å². The van der Waals surface area contributed by atoms with Gasteiger partial charge in [-0.15, -0.1) is 0 Å². The smallest absolute Gasteiger partial charge is 0.383 e. The molecule has 0 aliphatic rings. The number of hydrogen-bond acceptors (Lipinski definition) is 5. The van der Waals surface area contributed by atoms with Crippen molar-refractivity contribution in [2.45, 2.75) is 52.1 Å². The van der Waals surface area contributed by atoms with E-state index in [1.807, 2.05) is 5.32 Å². The lowest BCUT2D eigenvalue weighted by molar-refractivity contribution is -0.161. The van der Waals surface area contributed by atoms with Gasteiger partial charge in [0.25, 0.3) is 11.8 Å². The van der Waals surface area contributed by atoms with Crippen molar-refractivity contribution in [3.05, 3.63) is 63.6 Å². The maximum absolute atomic E-state index is 14.8. The first-order valence-electron chi connectivity index (χ1n) is 12.8. The molecular weight excluding hydrogens is 605 g/mol. The molecular formula is C28H31Cl2F4N3O5. The molecule has 0 saturated heterocycles. The molecule has 3 N–H and O–H groups in total. The van der Waals surface area contributed by atoms with Crippen LogP contribution in [-0.2, 0) is 25.6 Å². The first kappa shape index (κ1) is 34.8. The van der Waals surface area contributed by atoms with Crippen LogP contribution in [0.2, 0.25) is 10.0 Å². The number of ether oxygens (including phenoxy) is 1. The largest absolute Gasteiger partial charge is 0.484 e. The van der Waals surface area contributed by atoms with Gasteiger partial charge in [-0.2, -0.15) is 8.78 Å². The lowest BCUT2D eigenvalue weighted by Gasteiger charge is -2.27. The van der Waals surface area contributed by atoms with Crippen LogP contribution < -0.4 is 20.7 Å². The normalized spacial score (nSPS) is 13.0. The Kier molecular flexibility index (Phi) is 12.6. The summed E-state index contributed by atoms with van der Waals surface area (Å²) in [6.07, 6.45) is -0.415. The first-order valence-corrected chi connectivity index (χ1v) is 13.6. The zero-order chi connectivity index (χ0) is 31.8. The molecule has 2 rings (SSSR count). The maximum atomic E-state index is 14.8. The van der Waals surface area contributed by atoms with E-state index in [4.69, 9.17) is 27.9 Å². The molecule has 0 saturated carbocycles. The molecule has 0 radical (unpaired) electrons. The summed E-state index contributed by atoms with van der Waals surface area (Å²) in [5.74, 6) is -13.4. The summed E-state index contributed by atoms with van der Waals surface area (Å²) >= 11 is 11.8.